The van der Waals surface area contributed by atoms with Crippen molar-refractivity contribution in [3.63, 3.8) is 0 Å². The molecular formula is C19H19N5O3. The predicted octanol–water partition coefficient (Wildman–Crippen LogP) is 1.87. The number of hydrogen-bond donors (Lipinski definition) is 2. The average molecular weight is 365 g/mol. The third-order valence-corrected chi connectivity index (χ3v) is 4.49. The minimum Gasteiger partial charge on any atom is -0.472 e. The number of nitrogens with one attached hydrogen (secondary N) is 2. The molecule has 0 bridgehead atoms. The van der Waals surface area contributed by atoms with Crippen molar-refractivity contribution in [2.45, 2.75) is 19.4 Å². The van der Waals surface area contributed by atoms with Gasteiger partial charge in [-0.3, -0.25) is 9.78 Å². The third-order valence-electron chi connectivity index (χ3n) is 4.49. The van der Waals surface area contributed by atoms with E-state index in [4.69, 9.17) is 4.74 Å². The topological polar surface area (TPSA) is 104 Å². The van der Waals surface area contributed by atoms with Gasteiger partial charge in [0.2, 0.25) is 11.8 Å². The Hall–Kier alpha value is -3.42. The number of H-pyrrole nitrogens is 2. The maximum atomic E-state index is 12.0. The zero-order valence-electron chi connectivity index (χ0n) is 14.8. The van der Waals surface area contributed by atoms with E-state index in [2.05, 4.69) is 20.2 Å². The molecule has 1 atom stereocenters. The maximum absolute atomic E-state index is 12.0. The lowest BCUT2D eigenvalue weighted by molar-refractivity contribution is -0.125. The summed E-state index contributed by atoms with van der Waals surface area (Å²) < 4.78 is 6.16. The fourth-order valence-corrected chi connectivity index (χ4v) is 3.20. The summed E-state index contributed by atoms with van der Waals surface area (Å²) in [5.41, 5.74) is 0.123. The van der Waals surface area contributed by atoms with Gasteiger partial charge in [0.05, 0.1) is 6.54 Å². The first-order valence-corrected chi connectivity index (χ1v) is 8.77. The van der Waals surface area contributed by atoms with E-state index < -0.39 is 5.69 Å². The van der Waals surface area contributed by atoms with Crippen LogP contribution >= 0.6 is 0 Å². The first kappa shape index (κ1) is 17.0. The highest BCUT2D eigenvalue weighted by molar-refractivity contribution is 5.89. The number of carbonyl (C=O) groups is 1. The van der Waals surface area contributed by atoms with Crippen LogP contribution in [0.5, 0.6) is 5.88 Å². The van der Waals surface area contributed by atoms with E-state index in [9.17, 15) is 9.59 Å². The fraction of sp³-hybridized carbons (Fsp3) is 0.263. The molecule has 27 heavy (non-hydrogen) atoms. The number of benzene rings is 1. The number of rotatable bonds is 4. The Morgan fingerprint density at radius 1 is 1.37 bits per heavy atom. The van der Waals surface area contributed by atoms with E-state index in [1.807, 2.05) is 37.3 Å². The molecule has 8 heteroatoms. The largest absolute Gasteiger partial charge is 0.472 e. The van der Waals surface area contributed by atoms with Gasteiger partial charge in [-0.1, -0.05) is 24.3 Å². The zero-order chi connectivity index (χ0) is 18.8. The number of allylic oxidation sites excluding steroid dienone is 1. The Balaban J connectivity index is 1.65. The summed E-state index contributed by atoms with van der Waals surface area (Å²) in [5.74, 6) is 0.813. The molecule has 1 aliphatic rings. The van der Waals surface area contributed by atoms with Gasteiger partial charge in [-0.15, -0.1) is 0 Å². The van der Waals surface area contributed by atoms with Gasteiger partial charge in [0, 0.05) is 18.4 Å². The molecule has 3 heterocycles. The maximum Gasteiger partial charge on any atom is 0.340 e. The van der Waals surface area contributed by atoms with Crippen molar-refractivity contribution in [1.82, 2.24) is 25.1 Å². The Labute approximate surface area is 154 Å². The van der Waals surface area contributed by atoms with Gasteiger partial charge >= 0.3 is 5.69 Å². The Kier molecular flexibility index (Phi) is 4.45. The molecule has 3 aromatic rings. The molecule has 1 aromatic carbocycles. The molecule has 0 saturated carbocycles. The van der Waals surface area contributed by atoms with Gasteiger partial charge in [0.1, 0.15) is 11.8 Å². The fourth-order valence-electron chi connectivity index (χ4n) is 3.20. The highest BCUT2D eigenvalue weighted by atomic mass is 16.5. The number of hydrogen-bond acceptors (Lipinski definition) is 5. The van der Waals surface area contributed by atoms with Gasteiger partial charge in [0.25, 0.3) is 0 Å². The second-order valence-electron chi connectivity index (χ2n) is 6.37. The van der Waals surface area contributed by atoms with Crippen LogP contribution in [0, 0.1) is 0 Å². The lowest BCUT2D eigenvalue weighted by atomic mass is 10.1. The second-order valence-corrected chi connectivity index (χ2v) is 6.37. The minimum atomic E-state index is -0.392. The van der Waals surface area contributed by atoms with Crippen LogP contribution < -0.4 is 10.4 Å². The number of pyridine rings is 1. The number of amides is 1. The van der Waals surface area contributed by atoms with E-state index in [-0.39, 0.29) is 12.0 Å². The summed E-state index contributed by atoms with van der Waals surface area (Å²) in [4.78, 5) is 32.3. The SMILES string of the molecule is CC=CC(=O)N1CCC(Oc2nc(-c3n[nH]c(=O)[nH]3)cc3ccccc23)C1. The summed E-state index contributed by atoms with van der Waals surface area (Å²) in [6.45, 7) is 2.99. The highest BCUT2D eigenvalue weighted by Gasteiger charge is 2.27. The molecule has 1 unspecified atom stereocenters. The van der Waals surface area contributed by atoms with Crippen molar-refractivity contribution in [1.29, 1.82) is 0 Å². The standard InChI is InChI=1S/C19H19N5O3/c1-2-5-16(25)24-9-8-13(11-24)27-18-14-7-4-3-6-12(14)10-15(20-18)17-21-19(26)23-22-17/h2-7,10,13H,8-9,11H2,1H3,(H2,21,22,23,26). The lowest BCUT2D eigenvalue weighted by Crippen LogP contribution is -2.29. The normalized spacial score (nSPS) is 17.1. The van der Waals surface area contributed by atoms with Crippen molar-refractivity contribution in [2.24, 2.45) is 0 Å². The third kappa shape index (κ3) is 3.46. The number of aromatic amines is 2. The number of aromatic nitrogens is 4. The summed E-state index contributed by atoms with van der Waals surface area (Å²) in [5, 5.41) is 8.10. The van der Waals surface area contributed by atoms with Gasteiger partial charge in [-0.05, 0) is 30.5 Å². The smallest absolute Gasteiger partial charge is 0.340 e. The van der Waals surface area contributed by atoms with Gasteiger partial charge < -0.3 is 9.64 Å². The monoisotopic (exact) mass is 365 g/mol. The van der Waals surface area contributed by atoms with Crippen molar-refractivity contribution in [3.05, 3.63) is 53.0 Å². The number of ether oxygens (including phenoxy) is 1. The van der Waals surface area contributed by atoms with Crippen LogP contribution in [0.15, 0.2) is 47.3 Å². The van der Waals surface area contributed by atoms with Crippen molar-refractivity contribution >= 4 is 16.7 Å². The van der Waals surface area contributed by atoms with Crippen molar-refractivity contribution < 1.29 is 9.53 Å². The lowest BCUT2D eigenvalue weighted by Gasteiger charge is -2.16. The van der Waals surface area contributed by atoms with Crippen molar-refractivity contribution in [3.8, 4) is 17.4 Å². The quantitative estimate of drug-likeness (QED) is 0.687. The summed E-state index contributed by atoms with van der Waals surface area (Å²) in [7, 11) is 0. The first-order valence-electron chi connectivity index (χ1n) is 8.77. The highest BCUT2D eigenvalue weighted by Crippen LogP contribution is 2.29. The molecule has 4 rings (SSSR count). The minimum absolute atomic E-state index is 0.00994. The Bertz CT molecular complexity index is 1070. The van der Waals surface area contributed by atoms with Crippen LogP contribution in [-0.4, -0.2) is 50.2 Å². The van der Waals surface area contributed by atoms with Crippen LogP contribution in [0.4, 0.5) is 0 Å². The van der Waals surface area contributed by atoms with E-state index in [0.717, 1.165) is 17.2 Å². The van der Waals surface area contributed by atoms with E-state index >= 15 is 0 Å². The molecule has 2 aromatic heterocycles. The molecule has 1 saturated heterocycles. The molecule has 1 fully saturated rings. The molecule has 0 radical (unpaired) electrons. The summed E-state index contributed by atoms with van der Waals surface area (Å²) >= 11 is 0. The molecular weight excluding hydrogens is 346 g/mol. The van der Waals surface area contributed by atoms with Crippen LogP contribution in [0.25, 0.3) is 22.3 Å². The van der Waals surface area contributed by atoms with E-state index in [0.29, 0.717) is 30.5 Å². The molecule has 8 nitrogen and oxygen atoms in total. The number of fused-ring (bicyclic) bond motifs is 1. The summed E-state index contributed by atoms with van der Waals surface area (Å²) in [6, 6.07) is 9.59. The number of nitrogens with zero attached hydrogens (tertiary/aromatic N) is 3. The molecule has 1 aliphatic heterocycles. The van der Waals surface area contributed by atoms with Crippen LogP contribution in [0.3, 0.4) is 0 Å². The molecule has 2 N–H and O–H groups in total. The Morgan fingerprint density at radius 2 is 2.22 bits per heavy atom. The predicted molar refractivity (Wildman–Crippen MR) is 100 cm³/mol. The van der Waals surface area contributed by atoms with Crippen molar-refractivity contribution in [2.75, 3.05) is 13.1 Å². The van der Waals surface area contributed by atoms with Crippen LogP contribution in [-0.2, 0) is 4.79 Å². The van der Waals surface area contributed by atoms with Gasteiger partial charge in [0.15, 0.2) is 5.82 Å². The van der Waals surface area contributed by atoms with E-state index in [1.54, 1.807) is 17.1 Å². The molecule has 0 aliphatic carbocycles. The van der Waals surface area contributed by atoms with E-state index in [1.165, 1.54) is 0 Å². The van der Waals surface area contributed by atoms with Crippen LogP contribution in [0.2, 0.25) is 0 Å². The zero-order valence-corrected chi connectivity index (χ0v) is 14.8. The average Bonchev–Trinajstić information content (AvgIpc) is 3.31. The number of carbonyl (C=O) groups excluding carboxylic acids is 1. The van der Waals surface area contributed by atoms with Gasteiger partial charge in [-0.2, -0.15) is 5.10 Å². The van der Waals surface area contributed by atoms with Crippen LogP contribution in [0.1, 0.15) is 13.3 Å². The second kappa shape index (κ2) is 7.06. The van der Waals surface area contributed by atoms with Gasteiger partial charge in [-0.25, -0.2) is 14.9 Å². The Morgan fingerprint density at radius 3 is 3.00 bits per heavy atom. The molecule has 0 spiro atoms. The molecule has 1 amide bonds. The summed E-state index contributed by atoms with van der Waals surface area (Å²) in [6.07, 6.45) is 3.90. The first-order chi connectivity index (χ1) is 13.1. The molecule has 138 valence electrons. The number of likely N-dealkylation sites (tertiary alicyclic amines) is 1.